The van der Waals surface area contributed by atoms with Crippen molar-refractivity contribution in [2.24, 2.45) is 0 Å². The molecule has 14 heavy (non-hydrogen) atoms. The molecule has 0 atom stereocenters. The molecule has 1 aromatic carbocycles. The second-order valence-corrected chi connectivity index (χ2v) is 4.16. The van der Waals surface area contributed by atoms with Crippen molar-refractivity contribution in [1.82, 2.24) is 5.32 Å². The molecule has 0 heterocycles. The van der Waals surface area contributed by atoms with Gasteiger partial charge in [-0.2, -0.15) is 0 Å². The third-order valence-electron chi connectivity index (χ3n) is 2.67. The van der Waals surface area contributed by atoms with Crippen molar-refractivity contribution in [2.75, 3.05) is 5.88 Å². The molecule has 1 saturated carbocycles. The van der Waals surface area contributed by atoms with E-state index in [9.17, 15) is 4.39 Å². The molecule has 1 aliphatic carbocycles. The van der Waals surface area contributed by atoms with Gasteiger partial charge in [-0.3, -0.25) is 0 Å². The third-order valence-corrected chi connectivity index (χ3v) is 3.18. The minimum atomic E-state index is -0.181. The lowest BCUT2D eigenvalue weighted by molar-refractivity contribution is 0.540. The van der Waals surface area contributed by atoms with Crippen molar-refractivity contribution in [3.05, 3.63) is 35.6 Å². The van der Waals surface area contributed by atoms with E-state index in [-0.39, 0.29) is 11.4 Å². The Hall–Kier alpha value is -0.600. The van der Waals surface area contributed by atoms with Gasteiger partial charge in [0.05, 0.1) is 0 Å². The smallest absolute Gasteiger partial charge is 0.123 e. The maximum Gasteiger partial charge on any atom is 0.123 e. The van der Waals surface area contributed by atoms with Gasteiger partial charge >= 0.3 is 0 Å². The number of nitrogens with one attached hydrogen (secondary N) is 1. The summed E-state index contributed by atoms with van der Waals surface area (Å²) in [7, 11) is 0. The number of alkyl halides is 1. The maximum atomic E-state index is 12.8. The highest BCUT2D eigenvalue weighted by molar-refractivity contribution is 6.18. The van der Waals surface area contributed by atoms with Gasteiger partial charge in [0.15, 0.2) is 0 Å². The molecule has 1 aliphatic rings. The molecule has 0 aliphatic heterocycles. The van der Waals surface area contributed by atoms with E-state index in [1.54, 1.807) is 12.1 Å². The Morgan fingerprint density at radius 2 is 2.21 bits per heavy atom. The van der Waals surface area contributed by atoms with Crippen LogP contribution in [0.25, 0.3) is 0 Å². The molecule has 0 radical (unpaired) electrons. The van der Waals surface area contributed by atoms with Gasteiger partial charge in [0.2, 0.25) is 0 Å². The summed E-state index contributed by atoms with van der Waals surface area (Å²) in [4.78, 5) is 0. The Bertz CT molecular complexity index is 323. The van der Waals surface area contributed by atoms with Crippen LogP contribution in [0.15, 0.2) is 24.3 Å². The molecular weight excluding hydrogens is 201 g/mol. The molecule has 3 heteroatoms. The fourth-order valence-corrected chi connectivity index (χ4v) is 1.81. The third kappa shape index (κ3) is 2.25. The van der Waals surface area contributed by atoms with E-state index in [0.29, 0.717) is 12.4 Å². The molecule has 0 spiro atoms. The van der Waals surface area contributed by atoms with Gasteiger partial charge in [-0.05, 0) is 30.5 Å². The minimum Gasteiger partial charge on any atom is -0.306 e. The lowest BCUT2D eigenvalue weighted by Crippen LogP contribution is -2.32. The van der Waals surface area contributed by atoms with E-state index in [2.05, 4.69) is 5.32 Å². The molecule has 0 aromatic heterocycles. The molecule has 2 rings (SSSR count). The van der Waals surface area contributed by atoms with Crippen molar-refractivity contribution >= 4 is 11.6 Å². The fraction of sp³-hybridized carbons (Fsp3) is 0.455. The van der Waals surface area contributed by atoms with Crippen molar-refractivity contribution in [3.63, 3.8) is 0 Å². The van der Waals surface area contributed by atoms with Crippen molar-refractivity contribution in [3.8, 4) is 0 Å². The van der Waals surface area contributed by atoms with Crippen LogP contribution in [0.5, 0.6) is 0 Å². The Morgan fingerprint density at radius 1 is 1.43 bits per heavy atom. The first-order valence-corrected chi connectivity index (χ1v) is 5.33. The largest absolute Gasteiger partial charge is 0.306 e. The zero-order chi connectivity index (χ0) is 10.0. The second kappa shape index (κ2) is 3.87. The summed E-state index contributed by atoms with van der Waals surface area (Å²) in [5.41, 5.74) is 1.11. The standard InChI is InChI=1S/C11H13ClFN/c12-8-11(4-5-11)14-7-9-2-1-3-10(13)6-9/h1-3,6,14H,4-5,7-8H2. The summed E-state index contributed by atoms with van der Waals surface area (Å²) in [6, 6.07) is 6.66. The zero-order valence-electron chi connectivity index (χ0n) is 7.89. The van der Waals surface area contributed by atoms with E-state index in [1.807, 2.05) is 6.07 Å². The Balaban J connectivity index is 1.92. The van der Waals surface area contributed by atoms with Crippen LogP contribution < -0.4 is 5.32 Å². The molecule has 0 bridgehead atoms. The van der Waals surface area contributed by atoms with Crippen LogP contribution in [0.4, 0.5) is 4.39 Å². The highest BCUT2D eigenvalue weighted by Crippen LogP contribution is 2.36. The summed E-state index contributed by atoms with van der Waals surface area (Å²) in [6.07, 6.45) is 2.26. The molecule has 76 valence electrons. The van der Waals surface area contributed by atoms with Crippen LogP contribution in [-0.2, 0) is 6.54 Å². The van der Waals surface area contributed by atoms with Crippen molar-refractivity contribution < 1.29 is 4.39 Å². The fourth-order valence-electron chi connectivity index (χ4n) is 1.45. The monoisotopic (exact) mass is 213 g/mol. The normalized spacial score (nSPS) is 18.1. The van der Waals surface area contributed by atoms with Crippen LogP contribution in [0.2, 0.25) is 0 Å². The van der Waals surface area contributed by atoms with Gasteiger partial charge in [-0.25, -0.2) is 4.39 Å². The summed E-state index contributed by atoms with van der Waals surface area (Å²) in [5, 5.41) is 3.36. The lowest BCUT2D eigenvalue weighted by Gasteiger charge is -2.13. The molecule has 1 N–H and O–H groups in total. The minimum absolute atomic E-state index is 0.133. The van der Waals surface area contributed by atoms with E-state index in [4.69, 9.17) is 11.6 Å². The van der Waals surface area contributed by atoms with Gasteiger partial charge in [0.1, 0.15) is 5.82 Å². The highest BCUT2D eigenvalue weighted by atomic mass is 35.5. The first-order chi connectivity index (χ1) is 6.74. The van der Waals surface area contributed by atoms with Crippen LogP contribution >= 0.6 is 11.6 Å². The molecule has 0 amide bonds. The highest BCUT2D eigenvalue weighted by Gasteiger charge is 2.40. The first-order valence-electron chi connectivity index (χ1n) is 4.80. The SMILES string of the molecule is Fc1cccc(CNC2(CCl)CC2)c1. The molecule has 1 fully saturated rings. The van der Waals surface area contributed by atoms with Crippen LogP contribution in [0.1, 0.15) is 18.4 Å². The van der Waals surface area contributed by atoms with Gasteiger partial charge in [-0.1, -0.05) is 12.1 Å². The van der Waals surface area contributed by atoms with Gasteiger partial charge in [0.25, 0.3) is 0 Å². The first kappa shape index (κ1) is 9.94. The molecule has 1 aromatic rings. The lowest BCUT2D eigenvalue weighted by atomic mass is 10.2. The van der Waals surface area contributed by atoms with Crippen molar-refractivity contribution in [2.45, 2.75) is 24.9 Å². The molecule has 0 saturated heterocycles. The van der Waals surface area contributed by atoms with Crippen LogP contribution in [0.3, 0.4) is 0 Å². The predicted octanol–water partition coefficient (Wildman–Crippen LogP) is 2.69. The average molecular weight is 214 g/mol. The van der Waals surface area contributed by atoms with Crippen LogP contribution in [0, 0.1) is 5.82 Å². The van der Waals surface area contributed by atoms with Gasteiger partial charge in [0, 0.05) is 18.0 Å². The Kier molecular flexibility index (Phi) is 2.75. The summed E-state index contributed by atoms with van der Waals surface area (Å²) < 4.78 is 12.8. The van der Waals surface area contributed by atoms with Crippen molar-refractivity contribution in [1.29, 1.82) is 0 Å². The molecule has 1 nitrogen and oxygen atoms in total. The van der Waals surface area contributed by atoms with E-state index in [0.717, 1.165) is 18.4 Å². The van der Waals surface area contributed by atoms with Gasteiger partial charge < -0.3 is 5.32 Å². The Morgan fingerprint density at radius 3 is 2.79 bits per heavy atom. The van der Waals surface area contributed by atoms with E-state index in [1.165, 1.54) is 6.07 Å². The number of benzene rings is 1. The number of halogens is 2. The quantitative estimate of drug-likeness (QED) is 0.759. The summed E-state index contributed by atoms with van der Waals surface area (Å²) in [5.74, 6) is 0.461. The van der Waals surface area contributed by atoms with Crippen LogP contribution in [-0.4, -0.2) is 11.4 Å². The molecule has 0 unspecified atom stereocenters. The number of hydrogen-bond acceptors (Lipinski definition) is 1. The number of rotatable bonds is 4. The number of hydrogen-bond donors (Lipinski definition) is 1. The Labute approximate surface area is 88.3 Å². The summed E-state index contributed by atoms with van der Waals surface area (Å²) in [6.45, 7) is 0.699. The predicted molar refractivity (Wildman–Crippen MR) is 55.9 cm³/mol. The molecular formula is C11H13ClFN. The summed E-state index contributed by atoms with van der Waals surface area (Å²) >= 11 is 5.82. The topological polar surface area (TPSA) is 12.0 Å². The van der Waals surface area contributed by atoms with E-state index < -0.39 is 0 Å². The maximum absolute atomic E-state index is 12.8. The zero-order valence-corrected chi connectivity index (χ0v) is 8.65. The van der Waals surface area contributed by atoms with E-state index >= 15 is 0 Å². The van der Waals surface area contributed by atoms with Gasteiger partial charge in [-0.15, -0.1) is 11.6 Å². The second-order valence-electron chi connectivity index (χ2n) is 3.90. The average Bonchev–Trinajstić information content (AvgIpc) is 2.96.